The molecular weight excluding hydrogens is 1010 g/mol. The van der Waals surface area contributed by atoms with Crippen molar-refractivity contribution in [2.45, 2.75) is 121 Å². The first kappa shape index (κ1) is 58.3. The van der Waals surface area contributed by atoms with Crippen LogP contribution in [0.2, 0.25) is 0 Å². The highest BCUT2D eigenvalue weighted by Crippen LogP contribution is 2.66. The summed E-state index contributed by atoms with van der Waals surface area (Å²) in [6.07, 6.45) is -29.2. The molecule has 1 rings (SSSR count). The molecule has 0 saturated heterocycles. The lowest BCUT2D eigenvalue weighted by Gasteiger charge is -2.43. The van der Waals surface area contributed by atoms with Gasteiger partial charge in [-0.25, -0.2) is 0 Å². The molecule has 0 saturated carbocycles. The van der Waals surface area contributed by atoms with Crippen molar-refractivity contribution in [3.8, 4) is 0 Å². The average molecular weight is 1030 g/mol. The van der Waals surface area contributed by atoms with Gasteiger partial charge in [0.25, 0.3) is 0 Å². The van der Waals surface area contributed by atoms with Gasteiger partial charge in [-0.3, -0.25) is 0 Å². The van der Waals surface area contributed by atoms with Crippen molar-refractivity contribution in [3.63, 3.8) is 0 Å². The lowest BCUT2D eigenvalue weighted by atomic mass is 9.88. The van der Waals surface area contributed by atoms with E-state index >= 15 is 0 Å². The zero-order valence-corrected chi connectivity index (χ0v) is 29.8. The van der Waals surface area contributed by atoms with E-state index in [9.17, 15) is 149 Å². The smallest absolute Gasteiger partial charge is 0.200 e. The quantitative estimate of drug-likeness (QED) is 0.0850. The summed E-state index contributed by atoms with van der Waals surface area (Å²) in [5.74, 6) is -118. The molecule has 0 amide bonds. The summed E-state index contributed by atoms with van der Waals surface area (Å²) in [7, 11) is -2.90. The summed E-state index contributed by atoms with van der Waals surface area (Å²) in [6.45, 7) is 0. The van der Waals surface area contributed by atoms with E-state index in [1.54, 1.807) is 0 Å². The van der Waals surface area contributed by atoms with Gasteiger partial charge in [-0.05, 0) is 30.5 Å². The van der Waals surface area contributed by atoms with Crippen LogP contribution in [0.4, 0.5) is 149 Å². The molecule has 0 aliphatic rings. The van der Waals surface area contributed by atoms with Gasteiger partial charge in [0, 0.05) is 12.8 Å². The van der Waals surface area contributed by atoms with Crippen LogP contribution in [0.5, 0.6) is 0 Å². The first-order valence-electron chi connectivity index (χ1n) is 15.4. The second kappa shape index (κ2) is 16.6. The Morgan fingerprint density at radius 2 is 0.476 bits per heavy atom. The summed E-state index contributed by atoms with van der Waals surface area (Å²) in [5, 5.41) is -0.494. The van der Waals surface area contributed by atoms with Crippen LogP contribution in [0, 0.1) is 0 Å². The molecule has 0 radical (unpaired) electrons. The summed E-state index contributed by atoms with van der Waals surface area (Å²) >= 11 is 0. The number of hydrogen-bond donors (Lipinski definition) is 0. The largest absolute Gasteiger partial charge is 0.460 e. The van der Waals surface area contributed by atoms with Crippen LogP contribution in [-0.2, 0) is 0 Å². The Morgan fingerprint density at radius 3 is 0.698 bits per heavy atom. The van der Waals surface area contributed by atoms with Gasteiger partial charge in [-0.15, -0.1) is 0 Å². The van der Waals surface area contributed by atoms with Gasteiger partial charge in [0.2, 0.25) is 0 Å². The van der Waals surface area contributed by atoms with Crippen molar-refractivity contribution in [2.75, 3.05) is 12.3 Å². The number of halogens is 34. The van der Waals surface area contributed by atoms with Crippen LogP contribution in [0.15, 0.2) is 30.3 Å². The summed E-state index contributed by atoms with van der Waals surface area (Å²) in [6, 6.07) is 4.24. The van der Waals surface area contributed by atoms with Crippen LogP contribution < -0.4 is 5.30 Å². The maximum Gasteiger partial charge on any atom is 0.460 e. The van der Waals surface area contributed by atoms with Gasteiger partial charge in [0.15, 0.2) is 0 Å². The Bertz CT molecular complexity index is 1580. The predicted octanol–water partition coefficient (Wildman–Crippen LogP) is 14.4. The molecule has 0 atom stereocenters. The van der Waals surface area contributed by atoms with Crippen LogP contribution in [-0.4, -0.2) is 108 Å². The highest BCUT2D eigenvalue weighted by Gasteiger charge is 2.96. The Balaban J connectivity index is 3.47. The monoisotopic (exact) mass is 1030 g/mol. The molecule has 0 heterocycles. The highest BCUT2D eigenvalue weighted by molar-refractivity contribution is 7.65. The second-order valence-electron chi connectivity index (χ2n) is 12.8. The van der Waals surface area contributed by atoms with Gasteiger partial charge in [-0.1, -0.05) is 38.3 Å². The SMILES string of the molecule is FC(F)(F)C(F)(F)C(F)(F)C(F)(F)C(F)(F)C(F)(F)C(F)(F)C(F)(F)CCCP(CCCC(F)(F)C(F)(F)C(F)(F)C(F)(F)C(F)(F)C(F)(F)C(F)(F)C(F)(F)F)c1ccccc1. The molecule has 0 bridgehead atoms. The third-order valence-corrected chi connectivity index (χ3v) is 11.3. The molecule has 0 fully saturated rings. The van der Waals surface area contributed by atoms with E-state index < -0.39 is 147 Å². The van der Waals surface area contributed by atoms with Gasteiger partial charge < -0.3 is 0 Å². The normalized spacial score (nSPS) is 16.3. The van der Waals surface area contributed by atoms with Crippen LogP contribution >= 0.6 is 7.92 Å². The molecule has 0 aliphatic heterocycles. The van der Waals surface area contributed by atoms with Gasteiger partial charge in [-0.2, -0.15) is 149 Å². The third kappa shape index (κ3) is 8.72. The molecule has 1 aromatic rings. The van der Waals surface area contributed by atoms with E-state index in [-0.39, 0.29) is 0 Å². The predicted molar refractivity (Wildman–Crippen MR) is 143 cm³/mol. The molecule has 372 valence electrons. The molecule has 0 spiro atoms. The van der Waals surface area contributed by atoms with E-state index in [0.29, 0.717) is 0 Å². The van der Waals surface area contributed by atoms with Crippen LogP contribution in [0.1, 0.15) is 25.7 Å². The highest BCUT2D eigenvalue weighted by atomic mass is 31.1. The van der Waals surface area contributed by atoms with Crippen molar-refractivity contribution < 1.29 is 149 Å². The molecule has 35 heteroatoms. The van der Waals surface area contributed by atoms with E-state index in [0.717, 1.165) is 30.3 Å². The van der Waals surface area contributed by atoms with Crippen molar-refractivity contribution in [1.29, 1.82) is 0 Å². The number of benzene rings is 1. The van der Waals surface area contributed by atoms with Crippen molar-refractivity contribution in [1.82, 2.24) is 0 Å². The van der Waals surface area contributed by atoms with Gasteiger partial charge in [0.05, 0.1) is 0 Å². The van der Waals surface area contributed by atoms with Gasteiger partial charge >= 0.3 is 95.3 Å². The maximum atomic E-state index is 14.4. The molecule has 0 aliphatic carbocycles. The minimum atomic E-state index is -8.98. The summed E-state index contributed by atoms with van der Waals surface area (Å²) < 4.78 is 460. The Hall–Kier alpha value is -2.73. The fraction of sp³-hybridized carbons (Fsp3) is 0.786. The van der Waals surface area contributed by atoms with E-state index in [1.807, 2.05) is 0 Å². The standard InChI is InChI=1S/C28H17F34P/c29-13(30,15(33,34)17(37,38)19(41,42)21(45,46)23(49,50)25(53,54)27(57,58)59)8-4-10-63(12-6-2-1-3-7-12)11-5-9-14(31,32)16(35,36)18(39,40)20(43,44)22(47,48)24(51,52)26(55,56)28(60,61)62/h1-3,6-7H,4-5,8-11H2. The molecule has 0 nitrogen and oxygen atoms in total. The number of hydrogen-bond acceptors (Lipinski definition) is 0. The molecule has 1 aromatic carbocycles. The van der Waals surface area contributed by atoms with Crippen LogP contribution in [0.25, 0.3) is 0 Å². The minimum Gasteiger partial charge on any atom is -0.200 e. The number of rotatable bonds is 21. The summed E-state index contributed by atoms with van der Waals surface area (Å²) in [4.78, 5) is 0. The lowest BCUT2D eigenvalue weighted by molar-refractivity contribution is -0.461. The van der Waals surface area contributed by atoms with Gasteiger partial charge in [0.1, 0.15) is 0 Å². The zero-order valence-electron chi connectivity index (χ0n) is 28.9. The van der Waals surface area contributed by atoms with E-state index in [4.69, 9.17) is 0 Å². The Kier molecular flexibility index (Phi) is 15.3. The lowest BCUT2D eigenvalue weighted by Crippen LogP contribution is -2.74. The second-order valence-corrected chi connectivity index (χ2v) is 15.3. The first-order chi connectivity index (χ1) is 27.2. The van der Waals surface area contributed by atoms with Crippen molar-refractivity contribution in [2.24, 2.45) is 0 Å². The van der Waals surface area contributed by atoms with Crippen LogP contribution in [0.3, 0.4) is 0 Å². The fourth-order valence-electron chi connectivity index (χ4n) is 4.70. The van der Waals surface area contributed by atoms with Crippen molar-refractivity contribution >= 4 is 13.2 Å². The molecule has 63 heavy (non-hydrogen) atoms. The third-order valence-electron chi connectivity index (χ3n) is 8.53. The molecule has 0 aromatic heterocycles. The Labute approximate surface area is 327 Å². The van der Waals surface area contributed by atoms with E-state index in [1.165, 1.54) is 0 Å². The molecular formula is C28H17F34P. The molecule has 0 unspecified atom stereocenters. The maximum absolute atomic E-state index is 14.4. The average Bonchev–Trinajstić information content (AvgIpc) is 3.09. The van der Waals surface area contributed by atoms with E-state index in [2.05, 4.69) is 0 Å². The Morgan fingerprint density at radius 1 is 0.270 bits per heavy atom. The number of alkyl halides is 34. The fourth-order valence-corrected chi connectivity index (χ4v) is 7.11. The molecule has 0 N–H and O–H groups in total. The summed E-state index contributed by atoms with van der Waals surface area (Å²) in [5.41, 5.74) is 0. The zero-order chi connectivity index (χ0) is 50.9. The minimum absolute atomic E-state index is 0.494. The first-order valence-corrected chi connectivity index (χ1v) is 17.1. The van der Waals surface area contributed by atoms with Crippen molar-refractivity contribution in [3.05, 3.63) is 30.3 Å². The topological polar surface area (TPSA) is 0 Å².